The van der Waals surface area contributed by atoms with Gasteiger partial charge in [0.25, 0.3) is 5.91 Å². The quantitative estimate of drug-likeness (QED) is 0.493. The van der Waals surface area contributed by atoms with E-state index in [1.807, 2.05) is 0 Å². The van der Waals surface area contributed by atoms with E-state index in [1.54, 1.807) is 24.0 Å². The molecule has 2 aliphatic rings. The first-order chi connectivity index (χ1) is 15.3. The highest BCUT2D eigenvalue weighted by Crippen LogP contribution is 2.46. The Morgan fingerprint density at radius 1 is 1.16 bits per heavy atom. The predicted molar refractivity (Wildman–Crippen MR) is 109 cm³/mol. The van der Waals surface area contributed by atoms with Crippen LogP contribution in [-0.2, 0) is 13.2 Å². The van der Waals surface area contributed by atoms with Crippen molar-refractivity contribution in [3.8, 4) is 0 Å². The SMILES string of the molecule is Cn1ncc2c(C(=O)Nc3n[nH]c4nc(C(F)(F)F)cc(C5CC5)c34)cc(C3CC3)nc21. The number of halogens is 3. The van der Waals surface area contributed by atoms with E-state index in [0.29, 0.717) is 33.5 Å². The molecule has 2 fully saturated rings. The van der Waals surface area contributed by atoms with Gasteiger partial charge in [-0.25, -0.2) is 9.97 Å². The number of pyridine rings is 2. The lowest BCUT2D eigenvalue weighted by atomic mass is 10.1. The molecule has 11 heteroatoms. The van der Waals surface area contributed by atoms with Gasteiger partial charge in [-0.2, -0.15) is 23.4 Å². The van der Waals surface area contributed by atoms with E-state index in [-0.39, 0.29) is 17.4 Å². The van der Waals surface area contributed by atoms with Crippen LogP contribution in [-0.4, -0.2) is 35.9 Å². The molecule has 0 saturated heterocycles. The third kappa shape index (κ3) is 3.10. The van der Waals surface area contributed by atoms with Gasteiger partial charge < -0.3 is 5.32 Å². The van der Waals surface area contributed by atoms with E-state index in [0.717, 1.165) is 37.4 Å². The summed E-state index contributed by atoms with van der Waals surface area (Å²) in [6.07, 6.45) is 0.664. The van der Waals surface area contributed by atoms with E-state index >= 15 is 0 Å². The van der Waals surface area contributed by atoms with Crippen LogP contribution in [0.2, 0.25) is 0 Å². The van der Waals surface area contributed by atoms with Crippen LogP contribution in [0.1, 0.15) is 64.8 Å². The summed E-state index contributed by atoms with van der Waals surface area (Å²) in [7, 11) is 1.76. The van der Waals surface area contributed by atoms with Crippen molar-refractivity contribution in [2.75, 3.05) is 5.32 Å². The molecule has 8 nitrogen and oxygen atoms in total. The zero-order chi connectivity index (χ0) is 22.2. The van der Waals surface area contributed by atoms with E-state index in [1.165, 1.54) is 0 Å². The van der Waals surface area contributed by atoms with Crippen LogP contribution in [0.25, 0.3) is 22.1 Å². The van der Waals surface area contributed by atoms with Gasteiger partial charge in [-0.15, -0.1) is 0 Å². The Morgan fingerprint density at radius 3 is 2.59 bits per heavy atom. The number of carbonyl (C=O) groups is 1. The van der Waals surface area contributed by atoms with Gasteiger partial charge in [0.1, 0.15) is 5.69 Å². The van der Waals surface area contributed by atoms with Gasteiger partial charge in [-0.3, -0.25) is 14.6 Å². The number of nitrogens with one attached hydrogen (secondary N) is 2. The topological polar surface area (TPSA) is 101 Å². The summed E-state index contributed by atoms with van der Waals surface area (Å²) in [5, 5.41) is 14.7. The average molecular weight is 441 g/mol. The van der Waals surface area contributed by atoms with Crippen LogP contribution in [0, 0.1) is 0 Å². The van der Waals surface area contributed by atoms with Crippen LogP contribution in [0.5, 0.6) is 0 Å². The van der Waals surface area contributed by atoms with Gasteiger partial charge in [0, 0.05) is 18.7 Å². The van der Waals surface area contributed by atoms with Gasteiger partial charge in [0.15, 0.2) is 17.1 Å². The second-order valence-electron chi connectivity index (χ2n) is 8.49. The maximum atomic E-state index is 13.3. The van der Waals surface area contributed by atoms with E-state index in [2.05, 4.69) is 30.6 Å². The number of alkyl halides is 3. The number of aromatic amines is 1. The summed E-state index contributed by atoms with van der Waals surface area (Å²) in [4.78, 5) is 21.6. The fraction of sp³-hybridized carbons (Fsp3) is 0.381. The molecular formula is C21H18F3N7O. The number of hydrogen-bond donors (Lipinski definition) is 2. The number of amides is 1. The van der Waals surface area contributed by atoms with Gasteiger partial charge in [0.2, 0.25) is 0 Å². The lowest BCUT2D eigenvalue weighted by Gasteiger charge is -2.10. The Bertz CT molecular complexity index is 1400. The molecule has 32 heavy (non-hydrogen) atoms. The third-order valence-electron chi connectivity index (χ3n) is 6.07. The molecule has 6 rings (SSSR count). The number of fused-ring (bicyclic) bond motifs is 2. The standard InChI is InChI=1S/C21H18F3N7O/c1-31-19-13(8-25-31)12(6-14(26-19)10-4-5-10)20(32)28-18-16-11(9-2-3-9)7-15(21(22,23)24)27-17(16)29-30-18/h6-10H,2-5H2,1H3,(H2,27,28,29,30,32). The molecule has 2 aliphatic carbocycles. The highest BCUT2D eigenvalue weighted by molar-refractivity contribution is 6.14. The maximum Gasteiger partial charge on any atom is 0.433 e. The Labute approximate surface area is 179 Å². The zero-order valence-corrected chi connectivity index (χ0v) is 17.0. The Hall–Kier alpha value is -3.50. The number of hydrogen-bond acceptors (Lipinski definition) is 5. The number of carbonyl (C=O) groups excluding carboxylic acids is 1. The highest BCUT2D eigenvalue weighted by Gasteiger charge is 2.37. The third-order valence-corrected chi connectivity index (χ3v) is 6.07. The first-order valence-electron chi connectivity index (χ1n) is 10.4. The van der Waals surface area contributed by atoms with Crippen LogP contribution < -0.4 is 5.32 Å². The molecule has 0 spiro atoms. The predicted octanol–water partition coefficient (Wildman–Crippen LogP) is 4.27. The number of rotatable bonds is 4. The Balaban J connectivity index is 1.43. The van der Waals surface area contributed by atoms with Gasteiger partial charge in [-0.1, -0.05) is 0 Å². The van der Waals surface area contributed by atoms with Gasteiger partial charge in [-0.05, 0) is 49.3 Å². The summed E-state index contributed by atoms with van der Waals surface area (Å²) >= 11 is 0. The van der Waals surface area contributed by atoms with E-state index in [4.69, 9.17) is 0 Å². The molecule has 0 radical (unpaired) electrons. The molecule has 0 unspecified atom stereocenters. The smallest absolute Gasteiger partial charge is 0.304 e. The molecule has 4 aromatic rings. The fourth-order valence-electron chi connectivity index (χ4n) is 4.10. The normalized spacial score (nSPS) is 16.8. The van der Waals surface area contributed by atoms with Crippen molar-refractivity contribution in [2.45, 2.75) is 43.7 Å². The molecule has 0 atom stereocenters. The second kappa shape index (κ2) is 6.50. The van der Waals surface area contributed by atoms with E-state index in [9.17, 15) is 18.0 Å². The van der Waals surface area contributed by atoms with E-state index < -0.39 is 17.8 Å². The minimum absolute atomic E-state index is 0.00211. The summed E-state index contributed by atoms with van der Waals surface area (Å²) in [5.74, 6) is 0.0955. The van der Waals surface area contributed by atoms with Crippen molar-refractivity contribution in [3.63, 3.8) is 0 Å². The largest absolute Gasteiger partial charge is 0.433 e. The summed E-state index contributed by atoms with van der Waals surface area (Å²) < 4.78 is 41.5. The molecule has 2 saturated carbocycles. The van der Waals surface area contributed by atoms with Gasteiger partial charge >= 0.3 is 6.18 Å². The number of anilines is 1. The summed E-state index contributed by atoms with van der Waals surface area (Å²) in [6, 6.07) is 2.84. The lowest BCUT2D eigenvalue weighted by Crippen LogP contribution is -2.14. The van der Waals surface area contributed by atoms with Crippen molar-refractivity contribution in [1.82, 2.24) is 29.9 Å². The highest BCUT2D eigenvalue weighted by atomic mass is 19.4. The molecule has 0 aliphatic heterocycles. The van der Waals surface area contributed by atoms with Crippen LogP contribution in [0.15, 0.2) is 18.3 Å². The summed E-state index contributed by atoms with van der Waals surface area (Å²) in [6.45, 7) is 0. The molecule has 4 heterocycles. The first kappa shape index (κ1) is 19.2. The first-order valence-corrected chi connectivity index (χ1v) is 10.4. The van der Waals surface area contributed by atoms with Crippen molar-refractivity contribution in [1.29, 1.82) is 0 Å². The number of aryl methyl sites for hydroxylation is 1. The molecule has 2 N–H and O–H groups in total. The van der Waals surface area contributed by atoms with Gasteiger partial charge in [0.05, 0.1) is 22.5 Å². The molecule has 4 aromatic heterocycles. The zero-order valence-electron chi connectivity index (χ0n) is 17.0. The number of aromatic nitrogens is 6. The van der Waals surface area contributed by atoms with Crippen molar-refractivity contribution >= 4 is 33.8 Å². The van der Waals surface area contributed by atoms with Crippen LogP contribution in [0.4, 0.5) is 19.0 Å². The lowest BCUT2D eigenvalue weighted by molar-refractivity contribution is -0.141. The Morgan fingerprint density at radius 2 is 1.91 bits per heavy atom. The monoisotopic (exact) mass is 441 g/mol. The van der Waals surface area contributed by atoms with Crippen LogP contribution in [0.3, 0.4) is 0 Å². The molecule has 0 aromatic carbocycles. The number of nitrogens with zero attached hydrogens (tertiary/aromatic N) is 5. The number of H-pyrrole nitrogens is 1. The minimum atomic E-state index is -4.56. The van der Waals surface area contributed by atoms with Crippen molar-refractivity contribution in [3.05, 3.63) is 40.8 Å². The second-order valence-corrected chi connectivity index (χ2v) is 8.49. The summed E-state index contributed by atoms with van der Waals surface area (Å²) in [5.41, 5.74) is 1.42. The van der Waals surface area contributed by atoms with Crippen LogP contribution >= 0.6 is 0 Å². The van der Waals surface area contributed by atoms with Crippen molar-refractivity contribution in [2.24, 2.45) is 7.05 Å². The maximum absolute atomic E-state index is 13.3. The Kier molecular flexibility index (Phi) is 3.90. The molecular weight excluding hydrogens is 423 g/mol. The minimum Gasteiger partial charge on any atom is -0.304 e. The average Bonchev–Trinajstić information content (AvgIpc) is 3.68. The fourth-order valence-corrected chi connectivity index (χ4v) is 4.10. The molecule has 0 bridgehead atoms. The molecule has 1 amide bonds. The van der Waals surface area contributed by atoms with Crippen molar-refractivity contribution < 1.29 is 18.0 Å². The molecule has 164 valence electrons.